The Kier molecular flexibility index (Phi) is 4.70. The first-order valence-electron chi connectivity index (χ1n) is 10.7. The smallest absolute Gasteiger partial charge is 0.253 e. The van der Waals surface area contributed by atoms with Crippen LogP contribution in [0.1, 0.15) is 41.4 Å². The predicted molar refractivity (Wildman–Crippen MR) is 117 cm³/mol. The highest BCUT2D eigenvalue weighted by Crippen LogP contribution is 2.31. The van der Waals surface area contributed by atoms with Crippen molar-refractivity contribution in [2.45, 2.75) is 32.7 Å². The molecule has 4 heteroatoms. The van der Waals surface area contributed by atoms with Gasteiger partial charge >= 0.3 is 0 Å². The van der Waals surface area contributed by atoms with Crippen molar-refractivity contribution in [3.8, 4) is 0 Å². The van der Waals surface area contributed by atoms with Crippen LogP contribution in [0.2, 0.25) is 0 Å². The number of pyridine rings is 1. The maximum Gasteiger partial charge on any atom is 0.253 e. The summed E-state index contributed by atoms with van der Waals surface area (Å²) >= 11 is 0. The number of nitrogens with zero attached hydrogens (tertiary/aromatic N) is 3. The molecule has 0 saturated carbocycles. The van der Waals surface area contributed by atoms with Crippen LogP contribution in [0.4, 0.5) is 5.69 Å². The standard InChI is InChI=1S/C25H27N3O/c1-18-5-4-13-28(16-18)25(29)20-9-10-22-19(15-20)6-2-8-24(22)27-14-11-23-21(17-27)7-3-12-26-23/h2-3,6-10,12,15,18H,4-5,11,13-14,16-17H2,1H3/t18-/m0/s1. The minimum absolute atomic E-state index is 0.168. The lowest BCUT2D eigenvalue weighted by atomic mass is 9.98. The monoisotopic (exact) mass is 385 g/mol. The number of rotatable bonds is 2. The van der Waals surface area contributed by atoms with Crippen LogP contribution in [0.3, 0.4) is 0 Å². The van der Waals surface area contributed by atoms with Gasteiger partial charge in [-0.25, -0.2) is 0 Å². The molecule has 0 N–H and O–H groups in total. The number of carbonyl (C=O) groups is 1. The van der Waals surface area contributed by atoms with E-state index >= 15 is 0 Å². The number of amides is 1. The van der Waals surface area contributed by atoms with Crippen LogP contribution in [0.5, 0.6) is 0 Å². The summed E-state index contributed by atoms with van der Waals surface area (Å²) in [5.41, 5.74) is 4.56. The normalized spacial score (nSPS) is 19.3. The number of aromatic nitrogens is 1. The van der Waals surface area contributed by atoms with Gasteiger partial charge in [0.25, 0.3) is 5.91 Å². The zero-order chi connectivity index (χ0) is 19.8. The highest BCUT2D eigenvalue weighted by molar-refractivity contribution is 6.02. The number of hydrogen-bond acceptors (Lipinski definition) is 3. The summed E-state index contributed by atoms with van der Waals surface area (Å²) in [7, 11) is 0. The Bertz CT molecular complexity index is 1060. The van der Waals surface area contributed by atoms with Crippen LogP contribution < -0.4 is 4.90 Å². The summed E-state index contributed by atoms with van der Waals surface area (Å²) in [4.78, 5) is 22.0. The third kappa shape index (κ3) is 3.48. The number of fused-ring (bicyclic) bond motifs is 2. The largest absolute Gasteiger partial charge is 0.366 e. The number of likely N-dealkylation sites (tertiary alicyclic amines) is 1. The lowest BCUT2D eigenvalue weighted by Gasteiger charge is -2.32. The second-order valence-corrected chi connectivity index (χ2v) is 8.49. The Hall–Kier alpha value is -2.88. The molecular formula is C25H27N3O. The van der Waals surface area contributed by atoms with E-state index in [4.69, 9.17) is 0 Å². The molecule has 1 aromatic heterocycles. The molecule has 1 atom stereocenters. The van der Waals surface area contributed by atoms with Crippen LogP contribution >= 0.6 is 0 Å². The molecule has 2 aromatic carbocycles. The number of carbonyl (C=O) groups excluding carboxylic acids is 1. The molecule has 29 heavy (non-hydrogen) atoms. The van der Waals surface area contributed by atoms with E-state index in [1.807, 2.05) is 23.2 Å². The molecular weight excluding hydrogens is 358 g/mol. The molecule has 0 unspecified atom stereocenters. The minimum Gasteiger partial charge on any atom is -0.366 e. The average molecular weight is 386 g/mol. The molecule has 0 bridgehead atoms. The zero-order valence-electron chi connectivity index (χ0n) is 17.0. The fourth-order valence-electron chi connectivity index (χ4n) is 4.80. The molecule has 1 fully saturated rings. The average Bonchev–Trinajstić information content (AvgIpc) is 2.77. The fourth-order valence-corrected chi connectivity index (χ4v) is 4.80. The molecule has 1 amide bonds. The van der Waals surface area contributed by atoms with Crippen molar-refractivity contribution in [1.29, 1.82) is 0 Å². The first-order valence-corrected chi connectivity index (χ1v) is 10.7. The Labute approximate surface area is 172 Å². The minimum atomic E-state index is 0.168. The SMILES string of the molecule is C[C@H]1CCCN(C(=O)c2ccc3c(N4CCc5ncccc5C4)cccc3c2)C1. The molecule has 5 rings (SSSR count). The summed E-state index contributed by atoms with van der Waals surface area (Å²) in [6, 6.07) is 16.8. The van der Waals surface area contributed by atoms with Crippen LogP contribution in [-0.4, -0.2) is 35.4 Å². The molecule has 3 aromatic rings. The van der Waals surface area contributed by atoms with Gasteiger partial charge in [-0.1, -0.05) is 31.2 Å². The van der Waals surface area contributed by atoms with E-state index in [1.165, 1.54) is 28.8 Å². The van der Waals surface area contributed by atoms with Gasteiger partial charge in [0.1, 0.15) is 0 Å². The maximum absolute atomic E-state index is 13.0. The van der Waals surface area contributed by atoms with E-state index in [2.05, 4.69) is 53.2 Å². The van der Waals surface area contributed by atoms with Gasteiger partial charge in [0, 0.05) is 61.1 Å². The summed E-state index contributed by atoms with van der Waals surface area (Å²) in [6.07, 6.45) is 5.18. The second-order valence-electron chi connectivity index (χ2n) is 8.49. The quantitative estimate of drug-likeness (QED) is 0.643. The summed E-state index contributed by atoms with van der Waals surface area (Å²) in [6.45, 7) is 5.84. The molecule has 1 saturated heterocycles. The second kappa shape index (κ2) is 7.51. The number of hydrogen-bond donors (Lipinski definition) is 0. The fraction of sp³-hybridized carbons (Fsp3) is 0.360. The Morgan fingerprint density at radius 3 is 2.93 bits per heavy atom. The number of benzene rings is 2. The number of piperidine rings is 1. The van der Waals surface area contributed by atoms with Crippen molar-refractivity contribution in [3.63, 3.8) is 0 Å². The number of anilines is 1. The Morgan fingerprint density at radius 2 is 2.03 bits per heavy atom. The molecule has 3 heterocycles. The third-order valence-electron chi connectivity index (χ3n) is 6.35. The van der Waals surface area contributed by atoms with Gasteiger partial charge in [-0.3, -0.25) is 9.78 Å². The van der Waals surface area contributed by atoms with Gasteiger partial charge < -0.3 is 9.80 Å². The van der Waals surface area contributed by atoms with E-state index in [9.17, 15) is 4.79 Å². The van der Waals surface area contributed by atoms with Gasteiger partial charge in [0.15, 0.2) is 0 Å². The molecule has 4 nitrogen and oxygen atoms in total. The topological polar surface area (TPSA) is 36.4 Å². The van der Waals surface area contributed by atoms with Crippen molar-refractivity contribution < 1.29 is 4.79 Å². The molecule has 0 spiro atoms. The van der Waals surface area contributed by atoms with Crippen molar-refractivity contribution in [2.75, 3.05) is 24.5 Å². The zero-order valence-corrected chi connectivity index (χ0v) is 17.0. The predicted octanol–water partition coefficient (Wildman–Crippen LogP) is 4.67. The van der Waals surface area contributed by atoms with Crippen molar-refractivity contribution in [2.24, 2.45) is 5.92 Å². The summed E-state index contributed by atoms with van der Waals surface area (Å²) in [5, 5.41) is 2.35. The van der Waals surface area contributed by atoms with Crippen molar-refractivity contribution in [3.05, 3.63) is 71.5 Å². The Morgan fingerprint density at radius 1 is 1.10 bits per heavy atom. The van der Waals surface area contributed by atoms with Gasteiger partial charge in [0.2, 0.25) is 0 Å². The highest BCUT2D eigenvalue weighted by Gasteiger charge is 2.23. The molecule has 0 radical (unpaired) electrons. The van der Waals surface area contributed by atoms with Gasteiger partial charge in [0.05, 0.1) is 0 Å². The van der Waals surface area contributed by atoms with Gasteiger partial charge in [-0.15, -0.1) is 0 Å². The van der Waals surface area contributed by atoms with Crippen LogP contribution in [0.15, 0.2) is 54.7 Å². The highest BCUT2D eigenvalue weighted by atomic mass is 16.2. The van der Waals surface area contributed by atoms with E-state index < -0.39 is 0 Å². The van der Waals surface area contributed by atoms with E-state index in [0.29, 0.717) is 5.92 Å². The molecule has 2 aliphatic rings. The van der Waals surface area contributed by atoms with Crippen molar-refractivity contribution in [1.82, 2.24) is 9.88 Å². The maximum atomic E-state index is 13.0. The molecule has 2 aliphatic heterocycles. The van der Waals surface area contributed by atoms with E-state index in [1.54, 1.807) is 0 Å². The first kappa shape index (κ1) is 18.2. The van der Waals surface area contributed by atoms with Crippen LogP contribution in [0, 0.1) is 5.92 Å². The van der Waals surface area contributed by atoms with E-state index in [0.717, 1.165) is 50.0 Å². The molecule has 148 valence electrons. The van der Waals surface area contributed by atoms with Crippen LogP contribution in [0.25, 0.3) is 10.8 Å². The lowest BCUT2D eigenvalue weighted by molar-refractivity contribution is 0.0683. The van der Waals surface area contributed by atoms with E-state index in [-0.39, 0.29) is 5.91 Å². The molecule has 0 aliphatic carbocycles. The van der Waals surface area contributed by atoms with Crippen molar-refractivity contribution >= 4 is 22.4 Å². The summed E-state index contributed by atoms with van der Waals surface area (Å²) in [5.74, 6) is 0.762. The van der Waals surface area contributed by atoms with Gasteiger partial charge in [-0.2, -0.15) is 0 Å². The Balaban J connectivity index is 1.44. The van der Waals surface area contributed by atoms with Gasteiger partial charge in [-0.05, 0) is 54.0 Å². The summed E-state index contributed by atoms with van der Waals surface area (Å²) < 4.78 is 0. The van der Waals surface area contributed by atoms with Crippen LogP contribution in [-0.2, 0) is 13.0 Å². The third-order valence-corrected chi connectivity index (χ3v) is 6.35. The lowest BCUT2D eigenvalue weighted by Crippen LogP contribution is -2.39. The first-order chi connectivity index (χ1) is 14.2.